The van der Waals surface area contributed by atoms with Gasteiger partial charge in [0.2, 0.25) is 0 Å². The minimum atomic E-state index is -4.93. The van der Waals surface area contributed by atoms with Crippen LogP contribution in [0.1, 0.15) is 265 Å². The molecule has 5 unspecified atom stereocenters. The number of aliphatic hydroxyl groups is 2. The van der Waals surface area contributed by atoms with E-state index in [9.17, 15) is 43.5 Å². The first kappa shape index (κ1) is 85.2. The molecule has 5 atom stereocenters. The first-order valence-electron chi connectivity index (χ1n) is 34.2. The molecule has 0 aromatic rings. The van der Waals surface area contributed by atoms with Crippen molar-refractivity contribution in [1.82, 2.24) is 0 Å². The van der Waals surface area contributed by atoms with Gasteiger partial charge in [0.1, 0.15) is 25.4 Å². The van der Waals surface area contributed by atoms with Gasteiger partial charge in [-0.1, -0.05) is 233 Å². The molecule has 0 saturated heterocycles. The van der Waals surface area contributed by atoms with E-state index in [-0.39, 0.29) is 19.3 Å². The summed E-state index contributed by atoms with van der Waals surface area (Å²) in [5, 5.41) is 20.5. The van der Waals surface area contributed by atoms with Crippen LogP contribution in [0.4, 0.5) is 0 Å². The summed E-state index contributed by atoms with van der Waals surface area (Å²) in [6.07, 6.45) is 71.3. The number of carbonyl (C=O) groups is 3. The molecule has 512 valence electrons. The van der Waals surface area contributed by atoms with Gasteiger partial charge in [-0.2, -0.15) is 0 Å². The van der Waals surface area contributed by atoms with E-state index in [1.54, 1.807) is 0 Å². The number of phosphoric acid groups is 2. The van der Waals surface area contributed by atoms with Crippen molar-refractivity contribution in [3.8, 4) is 0 Å². The number of phosphoric ester groups is 2. The smallest absolute Gasteiger partial charge is 0.463 e. The molecule has 0 heterocycles. The van der Waals surface area contributed by atoms with Crippen LogP contribution in [0.5, 0.6) is 0 Å². The summed E-state index contributed by atoms with van der Waals surface area (Å²) in [4.78, 5) is 58.4. The zero-order chi connectivity index (χ0) is 65.3. The number of hydrogen-bond acceptors (Lipinski definition) is 14. The van der Waals surface area contributed by atoms with E-state index >= 15 is 0 Å². The molecule has 0 aliphatic heterocycles. The number of unbranched alkanes of at least 4 members (excludes halogenated alkanes) is 23. The number of allylic oxidation sites excluding steroid dienone is 18. The summed E-state index contributed by atoms with van der Waals surface area (Å²) in [6.45, 7) is 2.38. The molecule has 0 saturated carbocycles. The molecule has 0 aromatic carbocycles. The lowest BCUT2D eigenvalue weighted by atomic mass is 10.1. The zero-order valence-corrected chi connectivity index (χ0v) is 57.1. The Hall–Kier alpha value is -3.79. The van der Waals surface area contributed by atoms with Gasteiger partial charge in [0, 0.05) is 19.3 Å². The highest BCUT2D eigenvalue weighted by Crippen LogP contribution is 2.45. The van der Waals surface area contributed by atoms with Crippen LogP contribution in [0, 0.1) is 0 Å². The lowest BCUT2D eigenvalue weighted by molar-refractivity contribution is -0.161. The van der Waals surface area contributed by atoms with Crippen LogP contribution in [0.2, 0.25) is 0 Å². The molecule has 0 fully saturated rings. The fraction of sp³-hybridized carbons (Fsp3) is 0.704. The molecule has 18 heteroatoms. The summed E-state index contributed by atoms with van der Waals surface area (Å²) in [7, 11) is -9.79. The second kappa shape index (κ2) is 64.3. The molecule has 0 amide bonds. The highest BCUT2D eigenvalue weighted by Gasteiger charge is 2.29. The SMILES string of the molecule is CC/C=C\C/C=C\C/C=C\CCCCCCCCCC(=O)OCC(COP(=O)(O)OCC(O)COP(=O)(O)OCC(O)COC(=O)CCCCCCCC/C=C\C/C=C\C/C=C\CCCCC)OC(=O)CCCCCCCCC/C=C\C/C=C\C/C=C\CC. The van der Waals surface area contributed by atoms with Crippen molar-refractivity contribution in [2.75, 3.05) is 39.6 Å². The zero-order valence-electron chi connectivity index (χ0n) is 55.3. The molecule has 4 N–H and O–H groups in total. The monoisotopic (exact) mass is 1290 g/mol. The molecule has 0 rings (SSSR count). The van der Waals surface area contributed by atoms with Crippen molar-refractivity contribution >= 4 is 33.6 Å². The number of ether oxygens (including phenoxy) is 3. The molecular weight excluding hydrogens is 1170 g/mol. The number of hydrogen-bond donors (Lipinski definition) is 4. The average Bonchev–Trinajstić information content (AvgIpc) is 3.67. The number of rotatable bonds is 64. The normalized spacial score (nSPS) is 14.9. The van der Waals surface area contributed by atoms with Crippen molar-refractivity contribution < 1.29 is 75.8 Å². The van der Waals surface area contributed by atoms with Crippen LogP contribution in [0.15, 0.2) is 109 Å². The van der Waals surface area contributed by atoms with Gasteiger partial charge in [-0.05, 0) is 122 Å². The second-order valence-electron chi connectivity index (χ2n) is 22.6. The predicted octanol–water partition coefficient (Wildman–Crippen LogP) is 18.9. The van der Waals surface area contributed by atoms with Crippen LogP contribution in [0.25, 0.3) is 0 Å². The van der Waals surface area contributed by atoms with Gasteiger partial charge >= 0.3 is 33.6 Å². The van der Waals surface area contributed by atoms with Gasteiger partial charge in [0.05, 0.1) is 26.4 Å². The summed E-state index contributed by atoms with van der Waals surface area (Å²) in [5.74, 6) is -1.61. The van der Waals surface area contributed by atoms with Crippen molar-refractivity contribution in [2.24, 2.45) is 0 Å². The largest absolute Gasteiger partial charge is 0.472 e. The predicted molar refractivity (Wildman–Crippen MR) is 362 cm³/mol. The van der Waals surface area contributed by atoms with E-state index < -0.39 is 91.5 Å². The average molecular weight is 1290 g/mol. The van der Waals surface area contributed by atoms with E-state index in [2.05, 4.69) is 130 Å². The van der Waals surface area contributed by atoms with Gasteiger partial charge in [-0.3, -0.25) is 32.5 Å². The first-order valence-corrected chi connectivity index (χ1v) is 37.2. The minimum Gasteiger partial charge on any atom is -0.463 e. The van der Waals surface area contributed by atoms with Gasteiger partial charge in [-0.15, -0.1) is 0 Å². The van der Waals surface area contributed by atoms with Crippen LogP contribution in [-0.2, 0) is 55.8 Å². The van der Waals surface area contributed by atoms with Crippen LogP contribution in [-0.4, -0.2) is 95.9 Å². The van der Waals surface area contributed by atoms with Gasteiger partial charge in [0.15, 0.2) is 6.10 Å². The van der Waals surface area contributed by atoms with Gasteiger partial charge < -0.3 is 34.2 Å². The lowest BCUT2D eigenvalue weighted by Gasteiger charge is -2.21. The molecular formula is C71H122O16P2. The van der Waals surface area contributed by atoms with Crippen molar-refractivity contribution in [3.05, 3.63) is 109 Å². The van der Waals surface area contributed by atoms with E-state index in [1.807, 2.05) is 0 Å². The molecule has 89 heavy (non-hydrogen) atoms. The Morgan fingerprint density at radius 1 is 0.326 bits per heavy atom. The Labute approximate surface area is 539 Å². The quantitative estimate of drug-likeness (QED) is 0.0146. The standard InChI is InChI=1S/C71H122O16P2/c1-4-7-10-13-16-19-22-25-28-31-32-35-37-39-42-45-48-51-54-57-69(74)81-60-66(72)61-83-88(77,78)84-62-67(73)63-85-89(79,80)86-65-68(87-71(76)59-56-53-50-47-44-41-38-34-30-27-24-21-18-15-12-9-6-3)64-82-70(75)58-55-52-49-46-43-40-36-33-29-26-23-20-17-14-11-8-5-2/h8-9,11-12,16-21,25-30,32,35,66-68,72-73H,4-7,10,13-15,22-24,31,33-34,36-65H2,1-3H3,(H,77,78)(H,79,80)/b11-8-,12-9-,19-16-,20-17-,21-18-,28-25-,29-26-,30-27-,35-32-. The third-order valence-corrected chi connectivity index (χ3v) is 15.9. The molecule has 0 bridgehead atoms. The Bertz CT molecular complexity index is 2060. The van der Waals surface area contributed by atoms with E-state index in [0.29, 0.717) is 19.3 Å². The van der Waals surface area contributed by atoms with Crippen molar-refractivity contribution in [1.29, 1.82) is 0 Å². The van der Waals surface area contributed by atoms with E-state index in [4.69, 9.17) is 32.3 Å². The maximum absolute atomic E-state index is 12.9. The Balaban J connectivity index is 4.71. The third-order valence-electron chi connectivity index (χ3n) is 14.0. The summed E-state index contributed by atoms with van der Waals surface area (Å²) in [5.41, 5.74) is 0. The van der Waals surface area contributed by atoms with E-state index in [0.717, 1.165) is 180 Å². The number of aliphatic hydroxyl groups excluding tert-OH is 2. The maximum Gasteiger partial charge on any atom is 0.472 e. The maximum atomic E-state index is 12.9. The molecule has 0 spiro atoms. The van der Waals surface area contributed by atoms with Crippen molar-refractivity contribution in [3.63, 3.8) is 0 Å². The van der Waals surface area contributed by atoms with Crippen LogP contribution >= 0.6 is 15.6 Å². The highest BCUT2D eigenvalue weighted by molar-refractivity contribution is 7.47. The topological polar surface area (TPSA) is 231 Å². The fourth-order valence-electron chi connectivity index (χ4n) is 8.78. The molecule has 16 nitrogen and oxygen atoms in total. The van der Waals surface area contributed by atoms with Crippen molar-refractivity contribution in [2.45, 2.75) is 283 Å². The number of carbonyl (C=O) groups excluding carboxylic acids is 3. The summed E-state index contributed by atoms with van der Waals surface area (Å²) >= 11 is 0. The van der Waals surface area contributed by atoms with Gasteiger partial charge in [-0.25, -0.2) is 9.13 Å². The Morgan fingerprint density at radius 3 is 0.944 bits per heavy atom. The van der Waals surface area contributed by atoms with Crippen LogP contribution < -0.4 is 0 Å². The van der Waals surface area contributed by atoms with Gasteiger partial charge in [0.25, 0.3) is 0 Å². The lowest BCUT2D eigenvalue weighted by Crippen LogP contribution is -2.30. The molecule has 0 aliphatic carbocycles. The molecule has 0 radical (unpaired) electrons. The first-order chi connectivity index (χ1) is 43.2. The fourth-order valence-corrected chi connectivity index (χ4v) is 10.4. The van der Waals surface area contributed by atoms with Crippen LogP contribution in [0.3, 0.4) is 0 Å². The van der Waals surface area contributed by atoms with E-state index in [1.165, 1.54) is 25.7 Å². The highest BCUT2D eigenvalue weighted by atomic mass is 31.2. The third kappa shape index (κ3) is 65.5. The summed E-state index contributed by atoms with van der Waals surface area (Å²) in [6, 6.07) is 0. The molecule has 0 aromatic heterocycles. The Kier molecular flexibility index (Phi) is 61.6. The Morgan fingerprint density at radius 2 is 0.596 bits per heavy atom. The second-order valence-corrected chi connectivity index (χ2v) is 25.5. The summed E-state index contributed by atoms with van der Waals surface area (Å²) < 4.78 is 60.9. The minimum absolute atomic E-state index is 0.0885. The number of esters is 3. The molecule has 0 aliphatic rings.